The summed E-state index contributed by atoms with van der Waals surface area (Å²) < 4.78 is 49.5. The lowest BCUT2D eigenvalue weighted by molar-refractivity contribution is -0.137. The third kappa shape index (κ3) is 5.90. The van der Waals surface area contributed by atoms with Crippen LogP contribution < -0.4 is 14.8 Å². The van der Waals surface area contributed by atoms with Gasteiger partial charge >= 0.3 is 12.2 Å². The quantitative estimate of drug-likeness (QED) is 0.625. The number of hydrogen-bond acceptors (Lipinski definition) is 6. The Morgan fingerprint density at radius 2 is 1.68 bits per heavy atom. The van der Waals surface area contributed by atoms with Crippen LogP contribution >= 0.6 is 11.8 Å². The number of carbonyl (C=O) groups is 2. The van der Waals surface area contributed by atoms with Crippen molar-refractivity contribution in [1.29, 1.82) is 0 Å². The van der Waals surface area contributed by atoms with Crippen LogP contribution in [-0.2, 0) is 11.0 Å². The minimum atomic E-state index is -4.42. The summed E-state index contributed by atoms with van der Waals surface area (Å²) in [7, 11) is 0. The molecule has 5 rings (SSSR count). The van der Waals surface area contributed by atoms with Crippen molar-refractivity contribution >= 4 is 29.4 Å². The molecule has 1 atom stereocenters. The maximum atomic E-state index is 12.7. The molecule has 3 heterocycles. The zero-order chi connectivity index (χ0) is 26.0. The van der Waals surface area contributed by atoms with Gasteiger partial charge in [-0.2, -0.15) is 13.2 Å². The number of fused-ring (bicyclic) bond motifs is 1. The summed E-state index contributed by atoms with van der Waals surface area (Å²) in [6, 6.07) is 9.87. The fourth-order valence-corrected chi connectivity index (χ4v) is 5.76. The van der Waals surface area contributed by atoms with Gasteiger partial charge in [0.2, 0.25) is 5.91 Å². The molecule has 8 nitrogen and oxygen atoms in total. The van der Waals surface area contributed by atoms with Crippen molar-refractivity contribution in [3.05, 3.63) is 53.6 Å². The molecule has 2 aromatic carbocycles. The van der Waals surface area contributed by atoms with Crippen LogP contribution in [0.25, 0.3) is 0 Å². The molecule has 3 aliphatic rings. The summed E-state index contributed by atoms with van der Waals surface area (Å²) in [5, 5.41) is 2.58. The predicted octanol–water partition coefficient (Wildman–Crippen LogP) is 3.90. The SMILES string of the molecule is O=C(Nc1ccc(C(F)(F)F)cc1)N1CCN(CCN2C(=O)CSC2c2ccc3c(c2)OCCO3)CC1. The molecule has 0 bridgehead atoms. The van der Waals surface area contributed by atoms with E-state index in [9.17, 15) is 22.8 Å². The molecule has 12 heteroatoms. The number of ether oxygens (including phenoxy) is 2. The number of carbonyl (C=O) groups excluding carboxylic acids is 2. The number of amides is 3. The van der Waals surface area contributed by atoms with Crippen molar-refractivity contribution in [3.63, 3.8) is 0 Å². The fourth-order valence-electron chi connectivity index (χ4n) is 4.55. The molecule has 2 aromatic rings. The van der Waals surface area contributed by atoms with Crippen molar-refractivity contribution in [2.75, 3.05) is 63.6 Å². The Hall–Kier alpha value is -3.12. The number of halogens is 3. The highest BCUT2D eigenvalue weighted by Gasteiger charge is 2.34. The standard InChI is InChI=1S/C25H27F3N4O4S/c26-25(27,28)18-2-4-19(5-3-18)29-24(34)31-10-7-30(8-11-31)9-12-32-22(33)16-37-23(32)17-1-6-20-21(15-17)36-14-13-35-20/h1-6,15,23H,7-14,16H2,(H,29,34). The van der Waals surface area contributed by atoms with Gasteiger partial charge < -0.3 is 24.6 Å². The largest absolute Gasteiger partial charge is 0.486 e. The van der Waals surface area contributed by atoms with Crippen molar-refractivity contribution < 1.29 is 32.2 Å². The fraction of sp³-hybridized carbons (Fsp3) is 0.440. The van der Waals surface area contributed by atoms with Gasteiger partial charge in [0.1, 0.15) is 18.6 Å². The van der Waals surface area contributed by atoms with Crippen molar-refractivity contribution in [2.45, 2.75) is 11.6 Å². The van der Waals surface area contributed by atoms with Gasteiger partial charge in [-0.15, -0.1) is 11.8 Å². The molecule has 0 aliphatic carbocycles. The third-order valence-electron chi connectivity index (χ3n) is 6.60. The number of anilines is 1. The van der Waals surface area contributed by atoms with Crippen LogP contribution in [0.15, 0.2) is 42.5 Å². The topological polar surface area (TPSA) is 74.4 Å². The maximum Gasteiger partial charge on any atom is 0.416 e. The number of piperazine rings is 1. The van der Waals surface area contributed by atoms with E-state index < -0.39 is 11.7 Å². The minimum absolute atomic E-state index is 0.0841. The normalized spacial score (nSPS) is 20.3. The second kappa shape index (κ2) is 10.7. The van der Waals surface area contributed by atoms with E-state index >= 15 is 0 Å². The van der Waals surface area contributed by atoms with E-state index in [1.54, 1.807) is 16.7 Å². The lowest BCUT2D eigenvalue weighted by atomic mass is 10.1. The lowest BCUT2D eigenvalue weighted by Gasteiger charge is -2.36. The number of nitrogens with one attached hydrogen (secondary N) is 1. The second-order valence-corrected chi connectivity index (χ2v) is 10.1. The van der Waals surface area contributed by atoms with E-state index in [1.807, 2.05) is 23.1 Å². The molecule has 2 saturated heterocycles. The predicted molar refractivity (Wildman–Crippen MR) is 133 cm³/mol. The molecule has 0 saturated carbocycles. The van der Waals surface area contributed by atoms with E-state index in [2.05, 4.69) is 10.2 Å². The molecule has 0 spiro atoms. The highest BCUT2D eigenvalue weighted by Crippen LogP contribution is 2.42. The van der Waals surface area contributed by atoms with E-state index in [-0.39, 0.29) is 17.3 Å². The summed E-state index contributed by atoms with van der Waals surface area (Å²) >= 11 is 1.59. The molecule has 2 fully saturated rings. The van der Waals surface area contributed by atoms with Crippen LogP contribution in [0.2, 0.25) is 0 Å². The summed E-state index contributed by atoms with van der Waals surface area (Å²) in [6.45, 7) is 4.55. The molecule has 1 unspecified atom stereocenters. The lowest BCUT2D eigenvalue weighted by Crippen LogP contribution is -2.51. The highest BCUT2D eigenvalue weighted by atomic mass is 32.2. The summed E-state index contributed by atoms with van der Waals surface area (Å²) in [4.78, 5) is 30.9. The Morgan fingerprint density at radius 3 is 2.38 bits per heavy atom. The number of nitrogens with zero attached hydrogens (tertiary/aromatic N) is 3. The zero-order valence-corrected chi connectivity index (χ0v) is 20.8. The Bertz CT molecular complexity index is 1140. The molecule has 37 heavy (non-hydrogen) atoms. The molecule has 3 aliphatic heterocycles. The van der Waals surface area contributed by atoms with Crippen molar-refractivity contribution in [1.82, 2.24) is 14.7 Å². The van der Waals surface area contributed by atoms with Crippen LogP contribution in [0.4, 0.5) is 23.7 Å². The van der Waals surface area contributed by atoms with Gasteiger partial charge in [0.05, 0.1) is 11.3 Å². The third-order valence-corrected chi connectivity index (χ3v) is 7.86. The first-order valence-corrected chi connectivity index (χ1v) is 13.1. The van der Waals surface area contributed by atoms with Crippen LogP contribution in [0.5, 0.6) is 11.5 Å². The molecule has 0 aromatic heterocycles. The second-order valence-electron chi connectivity index (χ2n) is 8.99. The van der Waals surface area contributed by atoms with Crippen LogP contribution in [0.1, 0.15) is 16.5 Å². The highest BCUT2D eigenvalue weighted by molar-refractivity contribution is 8.00. The Morgan fingerprint density at radius 1 is 0.973 bits per heavy atom. The Balaban J connectivity index is 1.11. The van der Waals surface area contributed by atoms with Gasteiger partial charge in [0, 0.05) is 45.0 Å². The molecular weight excluding hydrogens is 509 g/mol. The summed E-state index contributed by atoms with van der Waals surface area (Å²) in [6.07, 6.45) is -4.42. The van der Waals surface area contributed by atoms with Gasteiger partial charge in [-0.05, 0) is 42.0 Å². The van der Waals surface area contributed by atoms with Gasteiger partial charge in [-0.1, -0.05) is 6.07 Å². The van der Waals surface area contributed by atoms with Crippen LogP contribution in [-0.4, -0.2) is 84.9 Å². The molecular formula is C25H27F3N4O4S. The van der Waals surface area contributed by atoms with Crippen molar-refractivity contribution in [2.24, 2.45) is 0 Å². The number of benzene rings is 2. The maximum absolute atomic E-state index is 12.7. The molecule has 0 radical (unpaired) electrons. The van der Waals surface area contributed by atoms with Gasteiger partial charge in [-0.25, -0.2) is 4.79 Å². The van der Waals surface area contributed by atoms with E-state index in [0.29, 0.717) is 69.7 Å². The Labute approximate surface area is 216 Å². The van der Waals surface area contributed by atoms with Crippen molar-refractivity contribution in [3.8, 4) is 11.5 Å². The molecule has 3 amide bonds. The number of thioether (sulfide) groups is 1. The average molecular weight is 537 g/mol. The van der Waals surface area contributed by atoms with Gasteiger partial charge in [-0.3, -0.25) is 9.69 Å². The zero-order valence-electron chi connectivity index (χ0n) is 20.0. The molecule has 1 N–H and O–H groups in total. The van der Waals surface area contributed by atoms with E-state index in [1.165, 1.54) is 12.1 Å². The minimum Gasteiger partial charge on any atom is -0.486 e. The van der Waals surface area contributed by atoms with Gasteiger partial charge in [0.15, 0.2) is 11.5 Å². The van der Waals surface area contributed by atoms with E-state index in [0.717, 1.165) is 23.4 Å². The first kappa shape index (κ1) is 25.5. The summed E-state index contributed by atoms with van der Waals surface area (Å²) in [5.74, 6) is 1.95. The monoisotopic (exact) mass is 536 g/mol. The number of urea groups is 1. The van der Waals surface area contributed by atoms with Gasteiger partial charge in [0.25, 0.3) is 0 Å². The smallest absolute Gasteiger partial charge is 0.416 e. The summed E-state index contributed by atoms with van der Waals surface area (Å²) in [5.41, 5.74) is 0.561. The van der Waals surface area contributed by atoms with Crippen LogP contribution in [0.3, 0.4) is 0 Å². The first-order chi connectivity index (χ1) is 17.8. The van der Waals surface area contributed by atoms with E-state index in [4.69, 9.17) is 9.47 Å². The first-order valence-electron chi connectivity index (χ1n) is 12.0. The number of rotatable bonds is 5. The van der Waals surface area contributed by atoms with Crippen LogP contribution in [0, 0.1) is 0 Å². The molecule has 198 valence electrons. The number of hydrogen-bond donors (Lipinski definition) is 1. The Kier molecular flexibility index (Phi) is 7.38. The average Bonchev–Trinajstić information content (AvgIpc) is 3.27. The number of alkyl halides is 3.